The van der Waals surface area contributed by atoms with Crippen LogP contribution in [-0.2, 0) is 0 Å². The Kier molecular flexibility index (Phi) is 118. The molecule has 7 aromatic carbocycles. The SMILES string of the molecule is CC.CC.CC.CC.CC.CC.CC.CC.CCC.CCC.CCC.CCC.Oc1ccccc1.Oc1ccccc1.Oc1ccccc1.c1ccc(-c2ccccc2)cc1.c1ccc(-c2ccccc2)cc1. The Balaban J connectivity index is -0.0000000765. The number of hydrogen-bond donors (Lipinski definition) is 3. The van der Waals surface area contributed by atoms with Crippen LogP contribution >= 0.6 is 0 Å². The summed E-state index contributed by atoms with van der Waals surface area (Å²) < 4.78 is 0. The van der Waals surface area contributed by atoms with E-state index in [1.54, 1.807) is 72.8 Å². The Morgan fingerprint density at radius 1 is 0.178 bits per heavy atom. The number of phenolic OH excluding ortho intramolecular Hbond substituents is 3. The zero-order valence-electron chi connectivity index (χ0n) is 51.9. The lowest BCUT2D eigenvalue weighted by Crippen LogP contribution is -1.73. The molecular formula is C70H118O3. The molecule has 0 amide bonds. The molecule has 0 aliphatic heterocycles. The molecular weight excluding hydrogens is 889 g/mol. The Morgan fingerprint density at radius 2 is 0.260 bits per heavy atom. The molecule has 0 aromatic heterocycles. The van der Waals surface area contributed by atoms with Gasteiger partial charge in [0, 0.05) is 0 Å². The first-order valence-electron chi connectivity index (χ1n) is 28.2. The van der Waals surface area contributed by atoms with Crippen molar-refractivity contribution < 1.29 is 15.3 Å². The Morgan fingerprint density at radius 3 is 0.329 bits per heavy atom. The first kappa shape index (κ1) is 89.8. The molecule has 0 saturated carbocycles. The van der Waals surface area contributed by atoms with E-state index in [0.29, 0.717) is 17.2 Å². The van der Waals surface area contributed by atoms with E-state index in [1.165, 1.54) is 47.9 Å². The number of para-hydroxylation sites is 3. The molecule has 0 heterocycles. The highest BCUT2D eigenvalue weighted by Crippen LogP contribution is 2.18. The summed E-state index contributed by atoms with van der Waals surface area (Å²) in [6, 6.07) is 67.7. The first-order chi connectivity index (χ1) is 35.8. The van der Waals surface area contributed by atoms with Crippen molar-refractivity contribution in [3.63, 3.8) is 0 Å². The highest BCUT2D eigenvalue weighted by Gasteiger charge is 1.93. The topological polar surface area (TPSA) is 60.7 Å². The van der Waals surface area contributed by atoms with Crippen molar-refractivity contribution in [2.24, 2.45) is 0 Å². The van der Waals surface area contributed by atoms with Gasteiger partial charge in [-0.15, -0.1) is 0 Å². The van der Waals surface area contributed by atoms with Crippen LogP contribution in [0.4, 0.5) is 0 Å². The van der Waals surface area contributed by atoms with E-state index < -0.39 is 0 Å². The molecule has 0 radical (unpaired) electrons. The van der Waals surface area contributed by atoms with Gasteiger partial charge in [-0.2, -0.15) is 0 Å². The average Bonchev–Trinajstić information content (AvgIpc) is 3.48. The van der Waals surface area contributed by atoms with E-state index in [-0.39, 0.29) is 0 Å². The summed E-state index contributed by atoms with van der Waals surface area (Å²) in [6.07, 6.45) is 5.00. The maximum atomic E-state index is 8.63. The van der Waals surface area contributed by atoms with E-state index in [2.05, 4.69) is 152 Å². The van der Waals surface area contributed by atoms with E-state index in [4.69, 9.17) is 15.3 Å². The van der Waals surface area contributed by atoms with Gasteiger partial charge < -0.3 is 15.3 Å². The molecule has 0 bridgehead atoms. The monoisotopic (exact) mass is 1010 g/mol. The number of phenols is 3. The van der Waals surface area contributed by atoms with Gasteiger partial charge in [0.2, 0.25) is 0 Å². The average molecular weight is 1010 g/mol. The molecule has 0 atom stereocenters. The highest BCUT2D eigenvalue weighted by atomic mass is 16.3. The van der Waals surface area contributed by atoms with Gasteiger partial charge in [-0.25, -0.2) is 0 Å². The van der Waals surface area contributed by atoms with Crippen LogP contribution in [0.1, 0.15) is 192 Å². The fourth-order valence-electron chi connectivity index (χ4n) is 3.81. The zero-order valence-corrected chi connectivity index (χ0v) is 51.9. The minimum Gasteiger partial charge on any atom is -0.508 e. The van der Waals surface area contributed by atoms with Crippen LogP contribution in [0, 0.1) is 0 Å². The van der Waals surface area contributed by atoms with Crippen LogP contribution in [0.5, 0.6) is 17.2 Å². The van der Waals surface area contributed by atoms with Crippen LogP contribution < -0.4 is 0 Å². The minimum atomic E-state index is 0.322. The largest absolute Gasteiger partial charge is 0.508 e. The highest BCUT2D eigenvalue weighted by molar-refractivity contribution is 5.63. The summed E-state index contributed by atoms with van der Waals surface area (Å²) in [4.78, 5) is 0. The summed E-state index contributed by atoms with van der Waals surface area (Å²) in [5.41, 5.74) is 5.10. The lowest BCUT2D eigenvalue weighted by molar-refractivity contribution is 0.475. The standard InChI is InChI=1S/2C12H10.3C6H6O.4C3H8.8C2H6/c2*1-3-7-11(8-4-1)12-9-5-2-6-10-12;3*7-6-4-2-1-3-5-6;4*1-3-2;8*1-2/h2*1-10H;3*1-5,7H;4*3H2,1-2H3;8*1-2H3. The van der Waals surface area contributed by atoms with Crippen molar-refractivity contribution in [3.05, 3.63) is 212 Å². The van der Waals surface area contributed by atoms with Crippen molar-refractivity contribution in [1.82, 2.24) is 0 Å². The van der Waals surface area contributed by atoms with Crippen molar-refractivity contribution in [3.8, 4) is 39.5 Å². The lowest BCUT2D eigenvalue weighted by Gasteiger charge is -1.98. The molecule has 0 spiro atoms. The molecule has 0 fully saturated rings. The second-order valence-electron chi connectivity index (χ2n) is 12.3. The molecule has 73 heavy (non-hydrogen) atoms. The van der Waals surface area contributed by atoms with Crippen LogP contribution in [0.25, 0.3) is 22.3 Å². The van der Waals surface area contributed by atoms with Crippen molar-refractivity contribution in [2.75, 3.05) is 0 Å². The summed E-state index contributed by atoms with van der Waals surface area (Å²) in [5.74, 6) is 0.965. The van der Waals surface area contributed by atoms with E-state index in [9.17, 15) is 0 Å². The smallest absolute Gasteiger partial charge is 0.115 e. The fraction of sp³-hybridized carbons (Fsp3) is 0.400. The number of aromatic hydroxyl groups is 3. The minimum absolute atomic E-state index is 0.322. The van der Waals surface area contributed by atoms with Gasteiger partial charge in [-0.05, 0) is 58.7 Å². The molecule has 3 N–H and O–H groups in total. The molecule has 0 unspecified atom stereocenters. The third-order valence-corrected chi connectivity index (χ3v) is 6.03. The Hall–Kier alpha value is -6.06. The Bertz CT molecular complexity index is 1490. The van der Waals surface area contributed by atoms with Gasteiger partial charge in [-0.1, -0.05) is 368 Å². The van der Waals surface area contributed by atoms with E-state index in [0.717, 1.165) is 0 Å². The third-order valence-electron chi connectivity index (χ3n) is 6.03. The maximum Gasteiger partial charge on any atom is 0.115 e. The van der Waals surface area contributed by atoms with Gasteiger partial charge >= 0.3 is 0 Å². The maximum absolute atomic E-state index is 8.63. The first-order valence-corrected chi connectivity index (χ1v) is 28.2. The number of hydrogen-bond acceptors (Lipinski definition) is 3. The quantitative estimate of drug-likeness (QED) is 0.162. The van der Waals surface area contributed by atoms with Crippen LogP contribution in [0.2, 0.25) is 0 Å². The predicted molar refractivity (Wildman–Crippen MR) is 343 cm³/mol. The Labute approximate surface area is 456 Å². The second kappa shape index (κ2) is 95.6. The van der Waals surface area contributed by atoms with Crippen LogP contribution in [0.3, 0.4) is 0 Å². The van der Waals surface area contributed by atoms with Crippen molar-refractivity contribution >= 4 is 0 Å². The van der Waals surface area contributed by atoms with Gasteiger partial charge in [0.15, 0.2) is 0 Å². The molecule has 0 saturated heterocycles. The number of benzene rings is 7. The molecule has 416 valence electrons. The van der Waals surface area contributed by atoms with Gasteiger partial charge in [-0.3, -0.25) is 0 Å². The van der Waals surface area contributed by atoms with Crippen molar-refractivity contribution in [2.45, 2.75) is 192 Å². The van der Waals surface area contributed by atoms with E-state index in [1.807, 2.05) is 153 Å². The summed E-state index contributed by atoms with van der Waals surface area (Å²) in [6.45, 7) is 49.0. The molecule has 3 heteroatoms. The molecule has 0 aliphatic rings. The summed E-state index contributed by atoms with van der Waals surface area (Å²) >= 11 is 0. The fourth-order valence-corrected chi connectivity index (χ4v) is 3.81. The van der Waals surface area contributed by atoms with Crippen molar-refractivity contribution in [1.29, 1.82) is 0 Å². The van der Waals surface area contributed by atoms with Crippen LogP contribution in [0.15, 0.2) is 212 Å². The van der Waals surface area contributed by atoms with Gasteiger partial charge in [0.25, 0.3) is 0 Å². The second-order valence-corrected chi connectivity index (χ2v) is 12.3. The summed E-state index contributed by atoms with van der Waals surface area (Å²) in [5, 5.41) is 25.9. The summed E-state index contributed by atoms with van der Waals surface area (Å²) in [7, 11) is 0. The number of rotatable bonds is 2. The van der Waals surface area contributed by atoms with Gasteiger partial charge in [0.1, 0.15) is 17.2 Å². The predicted octanol–water partition coefficient (Wildman–Crippen LogP) is 24.8. The van der Waals surface area contributed by atoms with Gasteiger partial charge in [0.05, 0.1) is 0 Å². The zero-order chi connectivity index (χ0) is 58.6. The lowest BCUT2D eigenvalue weighted by atomic mass is 10.1. The molecule has 0 aliphatic carbocycles. The van der Waals surface area contributed by atoms with Crippen LogP contribution in [-0.4, -0.2) is 15.3 Å². The molecule has 3 nitrogen and oxygen atoms in total. The normalized spacial score (nSPS) is 7.29. The molecule has 7 rings (SSSR count). The van der Waals surface area contributed by atoms with E-state index >= 15 is 0 Å². The third kappa shape index (κ3) is 80.3. The molecule has 7 aromatic rings.